The van der Waals surface area contributed by atoms with Crippen molar-refractivity contribution in [1.29, 1.82) is 0 Å². The van der Waals surface area contributed by atoms with Crippen LogP contribution in [0, 0.1) is 5.92 Å². The minimum absolute atomic E-state index is 0.0578. The summed E-state index contributed by atoms with van der Waals surface area (Å²) in [6.45, 7) is 10.3. The number of urea groups is 1. The third-order valence-electron chi connectivity index (χ3n) is 4.40. The number of carbonyl (C=O) groups excluding carboxylic acids is 1. The van der Waals surface area contributed by atoms with E-state index < -0.39 is 0 Å². The molecule has 5 nitrogen and oxygen atoms in total. The van der Waals surface area contributed by atoms with Gasteiger partial charge in [0.15, 0.2) is 0 Å². The molecule has 1 aromatic rings. The Bertz CT molecular complexity index is 489. The first-order valence-corrected chi connectivity index (χ1v) is 9.65. The monoisotopic (exact) mass is 338 g/mol. The lowest BCUT2D eigenvalue weighted by Gasteiger charge is -2.35. The van der Waals surface area contributed by atoms with E-state index >= 15 is 0 Å². The number of aryl methyl sites for hydroxylation is 1. The Morgan fingerprint density at radius 1 is 1.48 bits per heavy atom. The topological polar surface area (TPSA) is 57.3 Å². The van der Waals surface area contributed by atoms with Crippen LogP contribution in [0.15, 0.2) is 5.38 Å². The number of hydrogen-bond donors (Lipinski definition) is 2. The summed E-state index contributed by atoms with van der Waals surface area (Å²) in [5.74, 6) is 0.572. The molecular weight excluding hydrogens is 308 g/mol. The SMILES string of the molecule is CCc1nc(CCNC(=O)NC[C@@H]2CCCN(C(C)C)C2)cs1. The van der Waals surface area contributed by atoms with Crippen molar-refractivity contribution in [2.75, 3.05) is 26.2 Å². The van der Waals surface area contributed by atoms with E-state index in [0.717, 1.165) is 36.6 Å². The Kier molecular flexibility index (Phi) is 7.30. The number of nitrogens with zero attached hydrogens (tertiary/aromatic N) is 2. The van der Waals surface area contributed by atoms with E-state index in [-0.39, 0.29) is 6.03 Å². The van der Waals surface area contributed by atoms with Crippen molar-refractivity contribution >= 4 is 17.4 Å². The summed E-state index contributed by atoms with van der Waals surface area (Å²) in [7, 11) is 0. The van der Waals surface area contributed by atoms with Gasteiger partial charge in [-0.3, -0.25) is 0 Å². The van der Waals surface area contributed by atoms with Crippen LogP contribution in [0.5, 0.6) is 0 Å². The molecule has 0 radical (unpaired) electrons. The summed E-state index contributed by atoms with van der Waals surface area (Å²) >= 11 is 1.70. The number of hydrogen-bond acceptors (Lipinski definition) is 4. The molecule has 1 aliphatic rings. The van der Waals surface area contributed by atoms with E-state index in [9.17, 15) is 4.79 Å². The van der Waals surface area contributed by atoms with Crippen LogP contribution in [0.2, 0.25) is 0 Å². The lowest BCUT2D eigenvalue weighted by atomic mass is 9.97. The highest BCUT2D eigenvalue weighted by atomic mass is 32.1. The van der Waals surface area contributed by atoms with Gasteiger partial charge in [0.2, 0.25) is 0 Å². The molecule has 0 aliphatic carbocycles. The molecule has 0 spiro atoms. The number of rotatable bonds is 7. The highest BCUT2D eigenvalue weighted by Crippen LogP contribution is 2.17. The first-order valence-electron chi connectivity index (χ1n) is 8.77. The molecule has 130 valence electrons. The van der Waals surface area contributed by atoms with Crippen LogP contribution in [-0.2, 0) is 12.8 Å². The number of amides is 2. The quantitative estimate of drug-likeness (QED) is 0.803. The zero-order valence-electron chi connectivity index (χ0n) is 14.6. The first kappa shape index (κ1) is 18.2. The normalized spacial score (nSPS) is 19.0. The highest BCUT2D eigenvalue weighted by Gasteiger charge is 2.21. The Balaban J connectivity index is 1.61. The predicted molar refractivity (Wildman–Crippen MR) is 96.0 cm³/mol. The molecular formula is C17H30N4OS. The van der Waals surface area contributed by atoms with Crippen molar-refractivity contribution in [3.8, 4) is 0 Å². The van der Waals surface area contributed by atoms with Crippen molar-refractivity contribution < 1.29 is 4.79 Å². The predicted octanol–water partition coefficient (Wildman–Crippen LogP) is 2.67. The van der Waals surface area contributed by atoms with Gasteiger partial charge >= 0.3 is 6.03 Å². The fourth-order valence-corrected chi connectivity index (χ4v) is 3.74. The molecule has 0 bridgehead atoms. The average Bonchev–Trinajstić information content (AvgIpc) is 3.01. The zero-order valence-corrected chi connectivity index (χ0v) is 15.4. The largest absolute Gasteiger partial charge is 0.338 e. The fourth-order valence-electron chi connectivity index (χ4n) is 2.96. The van der Waals surface area contributed by atoms with E-state index in [1.165, 1.54) is 19.4 Å². The van der Waals surface area contributed by atoms with Gasteiger partial charge < -0.3 is 15.5 Å². The number of aromatic nitrogens is 1. The van der Waals surface area contributed by atoms with Crippen molar-refractivity contribution in [1.82, 2.24) is 20.5 Å². The maximum atomic E-state index is 11.9. The molecule has 2 amide bonds. The number of thiazole rings is 1. The Hall–Kier alpha value is -1.14. The molecule has 1 saturated heterocycles. The average molecular weight is 339 g/mol. The summed E-state index contributed by atoms with van der Waals surface area (Å²) in [6, 6.07) is 0.537. The smallest absolute Gasteiger partial charge is 0.314 e. The minimum atomic E-state index is -0.0578. The van der Waals surface area contributed by atoms with Crippen LogP contribution in [0.25, 0.3) is 0 Å². The number of carbonyl (C=O) groups is 1. The van der Waals surface area contributed by atoms with Crippen molar-refractivity contribution in [3.63, 3.8) is 0 Å². The van der Waals surface area contributed by atoms with E-state index in [0.29, 0.717) is 18.5 Å². The second kappa shape index (κ2) is 9.23. The van der Waals surface area contributed by atoms with Crippen LogP contribution in [0.3, 0.4) is 0 Å². The summed E-state index contributed by atoms with van der Waals surface area (Å²) in [5, 5.41) is 9.20. The van der Waals surface area contributed by atoms with Gasteiger partial charge in [-0.1, -0.05) is 6.92 Å². The summed E-state index contributed by atoms with van der Waals surface area (Å²) in [4.78, 5) is 18.9. The molecule has 23 heavy (non-hydrogen) atoms. The van der Waals surface area contributed by atoms with Crippen LogP contribution in [0.1, 0.15) is 44.3 Å². The Labute approximate surface area is 143 Å². The van der Waals surface area contributed by atoms with Crippen LogP contribution >= 0.6 is 11.3 Å². The molecule has 1 fully saturated rings. The molecule has 1 aliphatic heterocycles. The van der Waals surface area contributed by atoms with E-state index in [1.807, 2.05) is 0 Å². The third kappa shape index (κ3) is 6.11. The van der Waals surface area contributed by atoms with Gasteiger partial charge in [-0.05, 0) is 45.6 Å². The van der Waals surface area contributed by atoms with Crippen LogP contribution in [0.4, 0.5) is 4.79 Å². The fraction of sp³-hybridized carbons (Fsp3) is 0.765. The van der Waals surface area contributed by atoms with E-state index in [1.54, 1.807) is 11.3 Å². The van der Waals surface area contributed by atoms with Crippen molar-refractivity contribution in [2.45, 2.75) is 52.5 Å². The van der Waals surface area contributed by atoms with Gasteiger partial charge in [0.1, 0.15) is 0 Å². The number of nitrogens with one attached hydrogen (secondary N) is 2. The van der Waals surface area contributed by atoms with Crippen molar-refractivity contribution in [3.05, 3.63) is 16.1 Å². The molecule has 2 rings (SSSR count). The Morgan fingerprint density at radius 2 is 2.30 bits per heavy atom. The van der Waals surface area contributed by atoms with Gasteiger partial charge in [0.25, 0.3) is 0 Å². The second-order valence-electron chi connectivity index (χ2n) is 6.57. The Morgan fingerprint density at radius 3 is 3.00 bits per heavy atom. The molecule has 6 heteroatoms. The molecule has 2 N–H and O–H groups in total. The molecule has 0 unspecified atom stereocenters. The van der Waals surface area contributed by atoms with Gasteiger partial charge in [0.05, 0.1) is 10.7 Å². The summed E-state index contributed by atoms with van der Waals surface area (Å²) in [6.07, 6.45) is 4.22. The lowest BCUT2D eigenvalue weighted by Crippen LogP contribution is -2.45. The van der Waals surface area contributed by atoms with Crippen LogP contribution in [-0.4, -0.2) is 48.1 Å². The van der Waals surface area contributed by atoms with Crippen LogP contribution < -0.4 is 10.6 Å². The second-order valence-corrected chi connectivity index (χ2v) is 7.51. The van der Waals surface area contributed by atoms with Gasteiger partial charge in [-0.2, -0.15) is 0 Å². The molecule has 2 heterocycles. The number of piperidine rings is 1. The van der Waals surface area contributed by atoms with Gasteiger partial charge in [-0.25, -0.2) is 9.78 Å². The third-order valence-corrected chi connectivity index (χ3v) is 5.44. The highest BCUT2D eigenvalue weighted by molar-refractivity contribution is 7.09. The summed E-state index contributed by atoms with van der Waals surface area (Å²) < 4.78 is 0. The van der Waals surface area contributed by atoms with E-state index in [4.69, 9.17) is 0 Å². The molecule has 1 atom stereocenters. The standard InChI is InChI=1S/C17H30N4OS/c1-4-16-20-15(12-23-16)7-8-18-17(22)19-10-14-6-5-9-21(11-14)13(2)3/h12-14H,4-11H2,1-3H3,(H2,18,19,22)/t14-/m0/s1. The molecule has 0 aromatic carbocycles. The number of likely N-dealkylation sites (tertiary alicyclic amines) is 1. The van der Waals surface area contributed by atoms with E-state index in [2.05, 4.69) is 46.7 Å². The maximum Gasteiger partial charge on any atom is 0.314 e. The van der Waals surface area contributed by atoms with Gasteiger partial charge in [-0.15, -0.1) is 11.3 Å². The minimum Gasteiger partial charge on any atom is -0.338 e. The summed E-state index contributed by atoms with van der Waals surface area (Å²) in [5.41, 5.74) is 1.08. The molecule has 0 saturated carbocycles. The van der Waals surface area contributed by atoms with Crippen molar-refractivity contribution in [2.24, 2.45) is 5.92 Å². The van der Waals surface area contributed by atoms with Gasteiger partial charge in [0, 0.05) is 37.5 Å². The maximum absolute atomic E-state index is 11.9. The first-order chi connectivity index (χ1) is 11.1. The lowest BCUT2D eigenvalue weighted by molar-refractivity contribution is 0.139. The zero-order chi connectivity index (χ0) is 16.7. The molecule has 1 aromatic heterocycles.